The van der Waals surface area contributed by atoms with Crippen molar-refractivity contribution in [2.24, 2.45) is 7.05 Å². The van der Waals surface area contributed by atoms with E-state index >= 15 is 0 Å². The molecular weight excluding hydrogens is 558 g/mol. The lowest BCUT2D eigenvalue weighted by molar-refractivity contribution is 0.0697. The minimum absolute atomic E-state index is 0.249. The van der Waals surface area contributed by atoms with Crippen molar-refractivity contribution in [3.63, 3.8) is 0 Å². The van der Waals surface area contributed by atoms with E-state index in [2.05, 4.69) is 59.4 Å². The zero-order valence-corrected chi connectivity index (χ0v) is 24.6. The monoisotopic (exact) mass is 589 g/mol. The van der Waals surface area contributed by atoms with Crippen LogP contribution in [-0.4, -0.2) is 38.8 Å². The first kappa shape index (κ1) is 27.2. The van der Waals surface area contributed by atoms with Gasteiger partial charge >= 0.3 is 5.97 Å². The lowest BCUT2D eigenvalue weighted by atomic mass is 9.97. The summed E-state index contributed by atoms with van der Waals surface area (Å²) >= 11 is 1.76. The van der Waals surface area contributed by atoms with Crippen molar-refractivity contribution in [3.05, 3.63) is 113 Å². The van der Waals surface area contributed by atoms with Gasteiger partial charge in [0.1, 0.15) is 11.6 Å². The molecule has 0 radical (unpaired) electrons. The number of rotatable bonds is 4. The summed E-state index contributed by atoms with van der Waals surface area (Å²) in [5.41, 5.74) is 16.1. The zero-order valence-electron chi connectivity index (χ0n) is 23.8. The maximum Gasteiger partial charge on any atom is 0.335 e. The molecule has 3 N–H and O–H groups in total. The fourth-order valence-corrected chi connectivity index (χ4v) is 6.59. The highest BCUT2D eigenvalue weighted by Gasteiger charge is 2.17. The Labute approximate surface area is 253 Å². The highest BCUT2D eigenvalue weighted by atomic mass is 32.2. The van der Waals surface area contributed by atoms with Gasteiger partial charge < -0.3 is 19.8 Å². The molecule has 8 nitrogen and oxygen atoms in total. The first-order valence-corrected chi connectivity index (χ1v) is 15.3. The number of pyridine rings is 1. The molecule has 2 aliphatic heterocycles. The molecule has 0 amide bonds. The number of nitrogens with one attached hydrogen (secondary N) is 2. The molecule has 9 heteroatoms. The Morgan fingerprint density at radius 3 is 2.79 bits per heavy atom. The molecule has 0 saturated heterocycles. The summed E-state index contributed by atoms with van der Waals surface area (Å²) in [6, 6.07) is 24.3. The number of carboxylic acids is 1. The standard InChI is InChI=1S/C34H31N5O3S/c1-39-30-15-25(34(40)41)11-12-29(30)37-32(39)17-24-9-8-23-16-31(24)42-13-3-4-21-14-22(27-18-35-36-19-27)7-10-26(21)20-43-33-6-2-5-28(23)38-33/h2,5-12,14-16,18,35-36H,3-4,13,17,19-20H2,1H3,(H,40,41). The molecule has 2 aromatic heterocycles. The van der Waals surface area contributed by atoms with Crippen molar-refractivity contribution in [3.8, 4) is 17.0 Å². The number of thioether (sulfide) groups is 1. The van der Waals surface area contributed by atoms with Crippen LogP contribution in [0.4, 0.5) is 0 Å². The third kappa shape index (κ3) is 5.61. The number of aromatic nitrogens is 3. The Bertz CT molecular complexity index is 1900. The third-order valence-electron chi connectivity index (χ3n) is 8.08. The average molecular weight is 590 g/mol. The van der Waals surface area contributed by atoms with Crippen molar-refractivity contribution < 1.29 is 14.6 Å². The van der Waals surface area contributed by atoms with Crippen molar-refractivity contribution >= 4 is 34.3 Å². The van der Waals surface area contributed by atoms with Crippen LogP contribution in [0.1, 0.15) is 44.9 Å². The fraction of sp³-hybridized carbons (Fsp3) is 0.206. The highest BCUT2D eigenvalue weighted by molar-refractivity contribution is 7.98. The second kappa shape index (κ2) is 11.6. The smallest absolute Gasteiger partial charge is 0.335 e. The molecular formula is C34H31N5O3S. The quantitative estimate of drug-likeness (QED) is 0.235. The number of carbonyl (C=O) groups is 1. The van der Waals surface area contributed by atoms with Gasteiger partial charge in [-0.15, -0.1) is 11.8 Å². The Balaban J connectivity index is 1.21. The predicted molar refractivity (Wildman–Crippen MR) is 169 cm³/mol. The minimum Gasteiger partial charge on any atom is -0.493 e. The molecule has 7 rings (SSSR count). The topological polar surface area (TPSA) is 101 Å². The van der Waals surface area contributed by atoms with Gasteiger partial charge in [0, 0.05) is 43.1 Å². The zero-order chi connectivity index (χ0) is 29.3. The first-order chi connectivity index (χ1) is 21.0. The van der Waals surface area contributed by atoms with Gasteiger partial charge in [-0.05, 0) is 71.5 Å². The molecule has 5 aromatic rings. The number of hydrogen-bond acceptors (Lipinski definition) is 7. The number of hydrazine groups is 1. The van der Waals surface area contributed by atoms with Crippen molar-refractivity contribution in [1.82, 2.24) is 25.4 Å². The molecule has 4 heterocycles. The van der Waals surface area contributed by atoms with Crippen LogP contribution in [0.2, 0.25) is 0 Å². The molecule has 0 atom stereocenters. The summed E-state index contributed by atoms with van der Waals surface area (Å²) in [4.78, 5) is 21.3. The summed E-state index contributed by atoms with van der Waals surface area (Å²) in [7, 11) is 1.93. The summed E-state index contributed by atoms with van der Waals surface area (Å²) in [5.74, 6) is 1.57. The van der Waals surface area contributed by atoms with E-state index in [9.17, 15) is 9.90 Å². The Morgan fingerprint density at radius 1 is 1.02 bits per heavy atom. The molecule has 0 fully saturated rings. The Hall–Kier alpha value is -4.60. The van der Waals surface area contributed by atoms with E-state index in [1.807, 2.05) is 23.9 Å². The van der Waals surface area contributed by atoms with Crippen LogP contribution >= 0.6 is 11.8 Å². The molecule has 4 bridgehead atoms. The second-order valence-electron chi connectivity index (χ2n) is 10.8. The predicted octanol–water partition coefficient (Wildman–Crippen LogP) is 5.99. The lowest BCUT2D eigenvalue weighted by Crippen LogP contribution is -2.20. The molecule has 3 aromatic carbocycles. The number of nitrogens with zero attached hydrogens (tertiary/aromatic N) is 3. The number of carboxylic acid groups (broad SMARTS) is 1. The van der Waals surface area contributed by atoms with Crippen LogP contribution in [0.15, 0.2) is 84.0 Å². The number of aryl methyl sites for hydroxylation is 2. The van der Waals surface area contributed by atoms with Crippen molar-refractivity contribution in [2.75, 3.05) is 13.2 Å². The van der Waals surface area contributed by atoms with Gasteiger partial charge in [-0.3, -0.25) is 0 Å². The summed E-state index contributed by atoms with van der Waals surface area (Å²) in [6.45, 7) is 1.38. The molecule has 0 unspecified atom stereocenters. The van der Waals surface area contributed by atoms with Crippen LogP contribution in [0.3, 0.4) is 0 Å². The molecule has 0 spiro atoms. The second-order valence-corrected chi connectivity index (χ2v) is 11.8. The summed E-state index contributed by atoms with van der Waals surface area (Å²) in [6.07, 6.45) is 4.38. The van der Waals surface area contributed by atoms with Crippen LogP contribution in [-0.2, 0) is 25.6 Å². The molecule has 0 saturated carbocycles. The van der Waals surface area contributed by atoms with E-state index in [1.165, 1.54) is 22.3 Å². The maximum absolute atomic E-state index is 11.5. The number of ether oxygens (including phenoxy) is 1. The number of aromatic carboxylic acids is 1. The SMILES string of the molecule is Cn1c(Cc2ccc3cc2OCCCc2cc(C4=CNNC4)ccc2CSc2cccc-3n2)nc2ccc(C(=O)O)cc21. The van der Waals surface area contributed by atoms with Crippen molar-refractivity contribution in [2.45, 2.75) is 30.0 Å². The van der Waals surface area contributed by atoms with Gasteiger partial charge in [0.05, 0.1) is 33.9 Å². The summed E-state index contributed by atoms with van der Waals surface area (Å²) in [5, 5.41) is 10.4. The van der Waals surface area contributed by atoms with E-state index in [-0.39, 0.29) is 5.56 Å². The highest BCUT2D eigenvalue weighted by Crippen LogP contribution is 2.32. The average Bonchev–Trinajstić information content (AvgIpc) is 3.67. The van der Waals surface area contributed by atoms with Gasteiger partial charge in [-0.1, -0.05) is 36.4 Å². The largest absolute Gasteiger partial charge is 0.493 e. The minimum atomic E-state index is -0.949. The van der Waals surface area contributed by atoms with E-state index < -0.39 is 5.97 Å². The van der Waals surface area contributed by atoms with Gasteiger partial charge in [-0.25, -0.2) is 20.2 Å². The molecule has 2 aliphatic rings. The number of benzene rings is 3. The van der Waals surface area contributed by atoms with Gasteiger partial charge in [0.2, 0.25) is 0 Å². The summed E-state index contributed by atoms with van der Waals surface area (Å²) < 4.78 is 8.46. The Kier molecular flexibility index (Phi) is 7.34. The molecule has 216 valence electrons. The number of hydrogen-bond donors (Lipinski definition) is 3. The number of fused-ring (bicyclic) bond motifs is 7. The van der Waals surface area contributed by atoms with E-state index in [0.717, 1.165) is 69.6 Å². The van der Waals surface area contributed by atoms with E-state index in [4.69, 9.17) is 14.7 Å². The van der Waals surface area contributed by atoms with Crippen LogP contribution in [0.25, 0.3) is 27.9 Å². The number of imidazole rings is 1. The maximum atomic E-state index is 11.5. The van der Waals surface area contributed by atoms with Crippen LogP contribution in [0, 0.1) is 0 Å². The van der Waals surface area contributed by atoms with Crippen LogP contribution in [0.5, 0.6) is 5.75 Å². The third-order valence-corrected chi connectivity index (χ3v) is 9.06. The van der Waals surface area contributed by atoms with Gasteiger partial charge in [-0.2, -0.15) is 0 Å². The lowest BCUT2D eigenvalue weighted by Gasteiger charge is -2.16. The van der Waals surface area contributed by atoms with Gasteiger partial charge in [0.15, 0.2) is 0 Å². The van der Waals surface area contributed by atoms with Gasteiger partial charge in [0.25, 0.3) is 0 Å². The molecule has 0 aliphatic carbocycles. The normalized spacial score (nSPS) is 14.8. The van der Waals surface area contributed by atoms with E-state index in [0.29, 0.717) is 13.0 Å². The fourth-order valence-electron chi connectivity index (χ4n) is 5.67. The Morgan fingerprint density at radius 2 is 1.93 bits per heavy atom. The molecule has 43 heavy (non-hydrogen) atoms. The van der Waals surface area contributed by atoms with E-state index in [1.54, 1.807) is 30.0 Å². The first-order valence-electron chi connectivity index (χ1n) is 14.4. The van der Waals surface area contributed by atoms with Crippen LogP contribution < -0.4 is 15.6 Å². The van der Waals surface area contributed by atoms with Crippen molar-refractivity contribution in [1.29, 1.82) is 0 Å².